The summed E-state index contributed by atoms with van der Waals surface area (Å²) in [4.78, 5) is 18.6. The van der Waals surface area contributed by atoms with Crippen molar-refractivity contribution in [2.45, 2.75) is 25.9 Å². The van der Waals surface area contributed by atoms with Gasteiger partial charge in [0.25, 0.3) is 5.91 Å². The Balaban J connectivity index is 2.10. The van der Waals surface area contributed by atoms with Gasteiger partial charge in [0.2, 0.25) is 0 Å². The zero-order valence-electron chi connectivity index (χ0n) is 11.6. The zero-order valence-corrected chi connectivity index (χ0v) is 11.6. The predicted molar refractivity (Wildman–Crippen MR) is 74.3 cm³/mol. The van der Waals surface area contributed by atoms with E-state index in [-0.39, 0.29) is 12.0 Å². The minimum atomic E-state index is 0.0295. The first-order valence-corrected chi connectivity index (χ1v) is 6.80. The molecule has 0 spiro atoms. The first-order chi connectivity index (χ1) is 9.26. The number of amides is 1. The number of hydrogen-bond donors (Lipinski definition) is 1. The predicted octanol–water partition coefficient (Wildman–Crippen LogP) is 1.76. The van der Waals surface area contributed by atoms with E-state index in [1.165, 1.54) is 0 Å². The van der Waals surface area contributed by atoms with Crippen molar-refractivity contribution in [3.8, 4) is 0 Å². The molecule has 1 N–H and O–H groups in total. The Morgan fingerprint density at radius 2 is 2.47 bits per heavy atom. The highest BCUT2D eigenvalue weighted by molar-refractivity contribution is 5.98. The van der Waals surface area contributed by atoms with E-state index in [1.807, 2.05) is 17.9 Å². The Labute approximate surface area is 114 Å². The minimum Gasteiger partial charge on any atom is -0.377 e. The molecule has 1 amide bonds. The Bertz CT molecular complexity index is 434. The first kappa shape index (κ1) is 13.8. The molecular weight excluding hydrogens is 242 g/mol. The number of anilines is 1. The number of carbonyl (C=O) groups excluding carboxylic acids is 1. The van der Waals surface area contributed by atoms with Gasteiger partial charge in [0.15, 0.2) is 0 Å². The summed E-state index contributed by atoms with van der Waals surface area (Å²) in [6, 6.07) is 3.60. The number of carbonyl (C=O) groups is 1. The van der Waals surface area contributed by atoms with E-state index >= 15 is 0 Å². The van der Waals surface area contributed by atoms with Crippen LogP contribution >= 0.6 is 0 Å². The second kappa shape index (κ2) is 6.52. The third kappa shape index (κ3) is 3.23. The highest BCUT2D eigenvalue weighted by Crippen LogP contribution is 2.19. The summed E-state index contributed by atoms with van der Waals surface area (Å²) in [5.41, 5.74) is 0.627. The Morgan fingerprint density at radius 3 is 3.21 bits per heavy atom. The monoisotopic (exact) mass is 263 g/mol. The SMILES string of the molecule is CCOC1CCCN(C(=O)c2cccnc2NC)C1. The van der Waals surface area contributed by atoms with E-state index in [0.29, 0.717) is 24.5 Å². The summed E-state index contributed by atoms with van der Waals surface area (Å²) in [5.74, 6) is 0.660. The summed E-state index contributed by atoms with van der Waals surface area (Å²) in [6.07, 6.45) is 3.87. The molecule has 0 saturated carbocycles. The van der Waals surface area contributed by atoms with Crippen molar-refractivity contribution in [2.24, 2.45) is 0 Å². The fourth-order valence-electron chi connectivity index (χ4n) is 2.44. The summed E-state index contributed by atoms with van der Waals surface area (Å²) >= 11 is 0. The second-order valence-electron chi connectivity index (χ2n) is 4.62. The normalized spacial score (nSPS) is 19.3. The quantitative estimate of drug-likeness (QED) is 0.899. The smallest absolute Gasteiger partial charge is 0.257 e. The minimum absolute atomic E-state index is 0.0295. The lowest BCUT2D eigenvalue weighted by Crippen LogP contribution is -2.43. The van der Waals surface area contributed by atoms with Gasteiger partial charge in [-0.05, 0) is 31.9 Å². The average molecular weight is 263 g/mol. The summed E-state index contributed by atoms with van der Waals surface area (Å²) in [6.45, 7) is 4.15. The third-order valence-corrected chi connectivity index (χ3v) is 3.34. The van der Waals surface area contributed by atoms with Crippen LogP contribution in [0.25, 0.3) is 0 Å². The van der Waals surface area contributed by atoms with Gasteiger partial charge in [0, 0.05) is 32.9 Å². The maximum absolute atomic E-state index is 12.5. The van der Waals surface area contributed by atoms with Gasteiger partial charge in [-0.1, -0.05) is 0 Å². The number of rotatable bonds is 4. The molecule has 5 heteroatoms. The summed E-state index contributed by atoms with van der Waals surface area (Å²) < 4.78 is 5.63. The summed E-state index contributed by atoms with van der Waals surface area (Å²) in [5, 5.41) is 2.96. The molecule has 1 aliphatic rings. The van der Waals surface area contributed by atoms with Gasteiger partial charge in [-0.3, -0.25) is 4.79 Å². The topological polar surface area (TPSA) is 54.5 Å². The molecule has 2 heterocycles. The number of nitrogens with zero attached hydrogens (tertiary/aromatic N) is 2. The average Bonchev–Trinajstić information content (AvgIpc) is 2.47. The number of piperidine rings is 1. The van der Waals surface area contributed by atoms with Crippen LogP contribution in [0, 0.1) is 0 Å². The lowest BCUT2D eigenvalue weighted by molar-refractivity contribution is 0.00726. The Hall–Kier alpha value is -1.62. The van der Waals surface area contributed by atoms with Gasteiger partial charge < -0.3 is 15.0 Å². The van der Waals surface area contributed by atoms with Crippen molar-refractivity contribution >= 4 is 11.7 Å². The van der Waals surface area contributed by atoms with E-state index in [2.05, 4.69) is 10.3 Å². The lowest BCUT2D eigenvalue weighted by Gasteiger charge is -2.32. The van der Waals surface area contributed by atoms with Crippen molar-refractivity contribution in [2.75, 3.05) is 32.1 Å². The van der Waals surface area contributed by atoms with Crippen molar-refractivity contribution < 1.29 is 9.53 Å². The molecule has 0 aromatic carbocycles. The van der Waals surface area contributed by atoms with Crippen LogP contribution in [-0.2, 0) is 4.74 Å². The fraction of sp³-hybridized carbons (Fsp3) is 0.571. The number of likely N-dealkylation sites (tertiary alicyclic amines) is 1. The molecule has 19 heavy (non-hydrogen) atoms. The molecule has 1 aromatic heterocycles. The Morgan fingerprint density at radius 1 is 1.63 bits per heavy atom. The van der Waals surface area contributed by atoms with Gasteiger partial charge in [0.05, 0.1) is 11.7 Å². The maximum Gasteiger partial charge on any atom is 0.257 e. The van der Waals surface area contributed by atoms with Crippen molar-refractivity contribution in [3.05, 3.63) is 23.9 Å². The molecule has 1 atom stereocenters. The molecular formula is C14H21N3O2. The molecule has 0 bridgehead atoms. The van der Waals surface area contributed by atoms with Gasteiger partial charge in [-0.25, -0.2) is 4.98 Å². The van der Waals surface area contributed by atoms with Crippen molar-refractivity contribution in [1.82, 2.24) is 9.88 Å². The standard InChI is InChI=1S/C14H21N3O2/c1-3-19-11-6-5-9-17(10-11)14(18)12-7-4-8-16-13(12)15-2/h4,7-8,11H,3,5-6,9-10H2,1-2H3,(H,15,16). The molecule has 1 aliphatic heterocycles. The maximum atomic E-state index is 12.5. The van der Waals surface area contributed by atoms with Crippen LogP contribution in [0.3, 0.4) is 0 Å². The molecule has 1 saturated heterocycles. The first-order valence-electron chi connectivity index (χ1n) is 6.80. The van der Waals surface area contributed by atoms with Crippen LogP contribution in [0.4, 0.5) is 5.82 Å². The number of aromatic nitrogens is 1. The van der Waals surface area contributed by atoms with Gasteiger partial charge in [0.1, 0.15) is 5.82 Å². The molecule has 0 aliphatic carbocycles. The molecule has 1 unspecified atom stereocenters. The van der Waals surface area contributed by atoms with E-state index in [9.17, 15) is 4.79 Å². The molecule has 1 aromatic rings. The van der Waals surface area contributed by atoms with Crippen molar-refractivity contribution in [1.29, 1.82) is 0 Å². The van der Waals surface area contributed by atoms with E-state index in [4.69, 9.17) is 4.74 Å². The Kier molecular flexibility index (Phi) is 4.74. The van der Waals surface area contributed by atoms with Crippen LogP contribution in [0.2, 0.25) is 0 Å². The van der Waals surface area contributed by atoms with E-state index in [1.54, 1.807) is 19.3 Å². The highest BCUT2D eigenvalue weighted by Gasteiger charge is 2.26. The number of hydrogen-bond acceptors (Lipinski definition) is 4. The van der Waals surface area contributed by atoms with Crippen molar-refractivity contribution in [3.63, 3.8) is 0 Å². The highest BCUT2D eigenvalue weighted by atomic mass is 16.5. The number of ether oxygens (including phenoxy) is 1. The van der Waals surface area contributed by atoms with Crippen LogP contribution in [0.5, 0.6) is 0 Å². The lowest BCUT2D eigenvalue weighted by atomic mass is 10.1. The fourth-order valence-corrected chi connectivity index (χ4v) is 2.44. The van der Waals surface area contributed by atoms with Gasteiger partial charge in [-0.15, -0.1) is 0 Å². The molecule has 5 nitrogen and oxygen atoms in total. The second-order valence-corrected chi connectivity index (χ2v) is 4.62. The molecule has 2 rings (SSSR count). The van der Waals surface area contributed by atoms with Crippen LogP contribution in [0.1, 0.15) is 30.1 Å². The van der Waals surface area contributed by atoms with Crippen LogP contribution < -0.4 is 5.32 Å². The van der Waals surface area contributed by atoms with E-state index in [0.717, 1.165) is 19.4 Å². The molecule has 0 radical (unpaired) electrons. The molecule has 104 valence electrons. The number of pyridine rings is 1. The number of nitrogens with one attached hydrogen (secondary N) is 1. The summed E-state index contributed by atoms with van der Waals surface area (Å²) in [7, 11) is 1.78. The zero-order chi connectivity index (χ0) is 13.7. The third-order valence-electron chi connectivity index (χ3n) is 3.34. The largest absolute Gasteiger partial charge is 0.377 e. The van der Waals surface area contributed by atoms with Gasteiger partial charge in [-0.2, -0.15) is 0 Å². The van der Waals surface area contributed by atoms with Gasteiger partial charge >= 0.3 is 0 Å². The van der Waals surface area contributed by atoms with Crippen LogP contribution in [0.15, 0.2) is 18.3 Å². The van der Waals surface area contributed by atoms with Crippen LogP contribution in [-0.4, -0.2) is 48.6 Å². The molecule has 1 fully saturated rings. The van der Waals surface area contributed by atoms with E-state index < -0.39 is 0 Å².